The van der Waals surface area contributed by atoms with Gasteiger partial charge in [0.2, 0.25) is 5.91 Å². The molecule has 4 nitrogen and oxygen atoms in total. The van der Waals surface area contributed by atoms with Gasteiger partial charge in [0.25, 0.3) is 0 Å². The normalized spacial score (nSPS) is 9.38. The van der Waals surface area contributed by atoms with Crippen LogP contribution in [0.15, 0.2) is 0 Å². The van der Waals surface area contributed by atoms with Crippen LogP contribution in [0.25, 0.3) is 0 Å². The topological polar surface area (TPSA) is 55.4 Å². The molecule has 0 aromatic carbocycles. The Morgan fingerprint density at radius 1 is 1.23 bits per heavy atom. The summed E-state index contributed by atoms with van der Waals surface area (Å²) in [7, 11) is 0. The Bertz CT molecular complexity index is 168. The Labute approximate surface area is 78.6 Å². The molecule has 1 amide bonds. The van der Waals surface area contributed by atoms with E-state index in [1.54, 1.807) is 0 Å². The van der Waals surface area contributed by atoms with Crippen molar-refractivity contribution >= 4 is 11.9 Å². The van der Waals surface area contributed by atoms with Crippen LogP contribution in [0.4, 0.5) is 0 Å². The summed E-state index contributed by atoms with van der Waals surface area (Å²) in [5.41, 5.74) is 0. The lowest BCUT2D eigenvalue weighted by Gasteiger charge is -2.02. The lowest BCUT2D eigenvalue weighted by atomic mass is 10.3. The van der Waals surface area contributed by atoms with Gasteiger partial charge < -0.3 is 10.1 Å². The van der Waals surface area contributed by atoms with Gasteiger partial charge >= 0.3 is 5.97 Å². The average Bonchev–Trinajstić information content (AvgIpc) is 2.12. The van der Waals surface area contributed by atoms with Crippen molar-refractivity contribution in [2.45, 2.75) is 33.1 Å². The molecule has 0 bridgehead atoms. The lowest BCUT2D eigenvalue weighted by Crippen LogP contribution is -2.23. The zero-order valence-electron chi connectivity index (χ0n) is 8.26. The lowest BCUT2D eigenvalue weighted by molar-refractivity contribution is -0.145. The summed E-state index contributed by atoms with van der Waals surface area (Å²) >= 11 is 0. The first-order valence-electron chi connectivity index (χ1n) is 4.63. The van der Waals surface area contributed by atoms with Crippen molar-refractivity contribution in [3.8, 4) is 0 Å². The van der Waals surface area contributed by atoms with Crippen LogP contribution in [0.2, 0.25) is 0 Å². The van der Waals surface area contributed by atoms with Crippen LogP contribution in [0.1, 0.15) is 33.1 Å². The molecule has 0 unspecified atom stereocenters. The Morgan fingerprint density at radius 2 is 1.92 bits per heavy atom. The summed E-state index contributed by atoms with van der Waals surface area (Å²) < 4.78 is 4.80. The van der Waals surface area contributed by atoms with Crippen molar-refractivity contribution in [2.75, 3.05) is 13.2 Å². The van der Waals surface area contributed by atoms with E-state index in [0.717, 1.165) is 6.42 Å². The molecule has 1 N–H and O–H groups in total. The smallest absolute Gasteiger partial charge is 0.306 e. The van der Waals surface area contributed by atoms with Crippen LogP contribution in [0, 0.1) is 0 Å². The maximum absolute atomic E-state index is 10.9. The highest BCUT2D eigenvalue weighted by Crippen LogP contribution is 1.93. The molecule has 0 saturated carbocycles. The molecule has 0 radical (unpaired) electrons. The second-order valence-electron chi connectivity index (χ2n) is 2.67. The molecule has 0 fully saturated rings. The van der Waals surface area contributed by atoms with E-state index in [1.807, 2.05) is 13.8 Å². The van der Waals surface area contributed by atoms with Gasteiger partial charge in [0, 0.05) is 13.0 Å². The number of carbonyl (C=O) groups is 2. The highest BCUT2D eigenvalue weighted by molar-refractivity contribution is 5.81. The predicted octanol–water partition coefficient (Wildman–Crippen LogP) is 0.856. The third-order valence-electron chi connectivity index (χ3n) is 1.40. The Balaban J connectivity index is 3.40. The fraction of sp³-hybridized carbons (Fsp3) is 0.778. The summed E-state index contributed by atoms with van der Waals surface area (Å²) in [6.07, 6.45) is 1.20. The van der Waals surface area contributed by atoms with E-state index in [1.165, 1.54) is 0 Å². The molecule has 76 valence electrons. The van der Waals surface area contributed by atoms with Gasteiger partial charge in [0.05, 0.1) is 13.0 Å². The van der Waals surface area contributed by atoms with Gasteiger partial charge in [-0.05, 0) is 13.3 Å². The van der Waals surface area contributed by atoms with Crippen LogP contribution in [-0.2, 0) is 14.3 Å². The number of ether oxygens (including phenoxy) is 1. The molecule has 0 atom stereocenters. The van der Waals surface area contributed by atoms with E-state index in [4.69, 9.17) is 4.74 Å². The minimum Gasteiger partial charge on any atom is -0.466 e. The maximum atomic E-state index is 10.9. The second kappa shape index (κ2) is 7.58. The van der Waals surface area contributed by atoms with Crippen molar-refractivity contribution in [1.82, 2.24) is 5.32 Å². The summed E-state index contributed by atoms with van der Waals surface area (Å²) in [4.78, 5) is 21.8. The molecule has 0 aromatic rings. The molecule has 0 spiro atoms. The molecular formula is C9H17NO3. The molecule has 0 aliphatic rings. The summed E-state index contributed by atoms with van der Waals surface area (Å²) in [6, 6.07) is 0. The number of esters is 1. The fourth-order valence-electron chi connectivity index (χ4n) is 0.789. The first-order valence-corrected chi connectivity index (χ1v) is 4.63. The number of hydrogen-bond acceptors (Lipinski definition) is 3. The molecule has 0 saturated heterocycles. The van der Waals surface area contributed by atoms with Crippen LogP contribution >= 0.6 is 0 Å². The average molecular weight is 187 g/mol. The molecule has 4 heteroatoms. The quantitative estimate of drug-likeness (QED) is 0.627. The van der Waals surface area contributed by atoms with Gasteiger partial charge in [-0.1, -0.05) is 6.92 Å². The first-order chi connectivity index (χ1) is 6.20. The van der Waals surface area contributed by atoms with E-state index < -0.39 is 0 Å². The standard InChI is InChI=1S/C9H17NO3/c1-3-7-13-9(12)6-5-8(11)10-4-2/h3-7H2,1-2H3,(H,10,11). The number of rotatable bonds is 6. The summed E-state index contributed by atoms with van der Waals surface area (Å²) in [6.45, 7) is 4.81. The SMILES string of the molecule is CCCOC(=O)CCC(=O)NCC. The van der Waals surface area contributed by atoms with Crippen LogP contribution in [0.5, 0.6) is 0 Å². The number of nitrogens with one attached hydrogen (secondary N) is 1. The maximum Gasteiger partial charge on any atom is 0.306 e. The molecule has 13 heavy (non-hydrogen) atoms. The minimum absolute atomic E-state index is 0.101. The third kappa shape index (κ3) is 7.31. The Hall–Kier alpha value is -1.06. The van der Waals surface area contributed by atoms with Crippen molar-refractivity contribution in [3.05, 3.63) is 0 Å². The van der Waals surface area contributed by atoms with E-state index in [9.17, 15) is 9.59 Å². The van der Waals surface area contributed by atoms with E-state index in [0.29, 0.717) is 13.2 Å². The monoisotopic (exact) mass is 187 g/mol. The van der Waals surface area contributed by atoms with Gasteiger partial charge in [0.1, 0.15) is 0 Å². The number of carbonyl (C=O) groups excluding carboxylic acids is 2. The molecule has 0 rings (SSSR count). The van der Waals surface area contributed by atoms with Crippen LogP contribution in [0.3, 0.4) is 0 Å². The summed E-state index contributed by atoms with van der Waals surface area (Å²) in [5, 5.41) is 2.61. The number of hydrogen-bond donors (Lipinski definition) is 1. The molecular weight excluding hydrogens is 170 g/mol. The van der Waals surface area contributed by atoms with Crippen molar-refractivity contribution in [2.24, 2.45) is 0 Å². The van der Waals surface area contributed by atoms with E-state index in [-0.39, 0.29) is 24.7 Å². The van der Waals surface area contributed by atoms with E-state index >= 15 is 0 Å². The second-order valence-corrected chi connectivity index (χ2v) is 2.67. The highest BCUT2D eigenvalue weighted by atomic mass is 16.5. The zero-order valence-corrected chi connectivity index (χ0v) is 8.26. The highest BCUT2D eigenvalue weighted by Gasteiger charge is 2.05. The van der Waals surface area contributed by atoms with Gasteiger partial charge in [-0.25, -0.2) is 0 Å². The van der Waals surface area contributed by atoms with Gasteiger partial charge in [-0.3, -0.25) is 9.59 Å². The largest absolute Gasteiger partial charge is 0.466 e. The number of amides is 1. The molecule has 0 aromatic heterocycles. The van der Waals surface area contributed by atoms with Gasteiger partial charge in [-0.2, -0.15) is 0 Å². The van der Waals surface area contributed by atoms with Crippen molar-refractivity contribution in [3.63, 3.8) is 0 Å². The van der Waals surface area contributed by atoms with Gasteiger partial charge in [0.15, 0.2) is 0 Å². The Kier molecular flexibility index (Phi) is 6.96. The first kappa shape index (κ1) is 11.9. The van der Waals surface area contributed by atoms with Crippen molar-refractivity contribution < 1.29 is 14.3 Å². The fourth-order valence-corrected chi connectivity index (χ4v) is 0.789. The summed E-state index contributed by atoms with van der Waals surface area (Å²) in [5.74, 6) is -0.399. The van der Waals surface area contributed by atoms with Crippen LogP contribution < -0.4 is 5.32 Å². The third-order valence-corrected chi connectivity index (χ3v) is 1.40. The van der Waals surface area contributed by atoms with Gasteiger partial charge in [-0.15, -0.1) is 0 Å². The molecule has 0 aliphatic carbocycles. The minimum atomic E-state index is -0.298. The predicted molar refractivity (Wildman–Crippen MR) is 49.2 cm³/mol. The molecule has 0 heterocycles. The zero-order chi connectivity index (χ0) is 10.1. The van der Waals surface area contributed by atoms with Crippen molar-refractivity contribution in [1.29, 1.82) is 0 Å². The van der Waals surface area contributed by atoms with E-state index in [2.05, 4.69) is 5.32 Å². The van der Waals surface area contributed by atoms with Crippen LogP contribution in [-0.4, -0.2) is 25.0 Å². The Morgan fingerprint density at radius 3 is 2.46 bits per heavy atom. The molecule has 0 aliphatic heterocycles.